The van der Waals surface area contributed by atoms with Gasteiger partial charge in [-0.2, -0.15) is 5.10 Å². The summed E-state index contributed by atoms with van der Waals surface area (Å²) in [6, 6.07) is 9.97. The van der Waals surface area contributed by atoms with Gasteiger partial charge < -0.3 is 4.74 Å². The van der Waals surface area contributed by atoms with Crippen LogP contribution in [0.3, 0.4) is 0 Å². The fraction of sp³-hybridized carbons (Fsp3) is 0.0833. The van der Waals surface area contributed by atoms with Gasteiger partial charge >= 0.3 is 0 Å². The molecule has 0 aliphatic carbocycles. The molecule has 1 heterocycles. The van der Waals surface area contributed by atoms with Gasteiger partial charge in [-0.1, -0.05) is 12.1 Å². The number of benzene rings is 1. The van der Waals surface area contributed by atoms with Crippen LogP contribution < -0.4 is 0 Å². The van der Waals surface area contributed by atoms with Crippen molar-refractivity contribution in [3.8, 4) is 5.69 Å². The smallest absolute Gasteiger partial charge is 0.0830 e. The van der Waals surface area contributed by atoms with Gasteiger partial charge in [0.25, 0.3) is 0 Å². The second-order valence-corrected chi connectivity index (χ2v) is 3.08. The molecule has 0 atom stereocenters. The fourth-order valence-corrected chi connectivity index (χ4v) is 1.31. The Morgan fingerprint density at radius 2 is 2.07 bits per heavy atom. The highest BCUT2D eigenvalue weighted by Gasteiger charge is 1.94. The lowest BCUT2D eigenvalue weighted by Crippen LogP contribution is -1.93. The van der Waals surface area contributed by atoms with E-state index in [1.165, 1.54) is 0 Å². The number of aromatic nitrogens is 2. The highest BCUT2D eigenvalue weighted by atomic mass is 16.5. The molecule has 0 amide bonds. The van der Waals surface area contributed by atoms with Crippen LogP contribution in [-0.4, -0.2) is 16.9 Å². The van der Waals surface area contributed by atoms with Gasteiger partial charge in [-0.15, -0.1) is 0 Å². The Kier molecular flexibility index (Phi) is 2.83. The van der Waals surface area contributed by atoms with Crippen molar-refractivity contribution < 1.29 is 4.74 Å². The minimum atomic E-state index is 1.05. The third-order valence-electron chi connectivity index (χ3n) is 2.06. The Bertz CT molecular complexity index is 429. The lowest BCUT2D eigenvalue weighted by Gasteiger charge is -2.01. The molecule has 0 N–H and O–H groups in total. The predicted molar refractivity (Wildman–Crippen MR) is 59.6 cm³/mol. The number of nitrogens with zero attached hydrogens (tertiary/aromatic N) is 2. The Labute approximate surface area is 88.6 Å². The molecule has 3 nitrogen and oxygen atoms in total. The van der Waals surface area contributed by atoms with Crippen molar-refractivity contribution in [3.63, 3.8) is 0 Å². The summed E-state index contributed by atoms with van der Waals surface area (Å²) in [4.78, 5) is 0. The SMILES string of the molecule is CO/C=C\c1ccc(-n2cccn2)cc1. The average Bonchev–Trinajstić information content (AvgIpc) is 2.80. The van der Waals surface area contributed by atoms with Crippen LogP contribution in [0.4, 0.5) is 0 Å². The molecule has 0 aliphatic rings. The van der Waals surface area contributed by atoms with E-state index in [4.69, 9.17) is 4.74 Å². The second-order valence-electron chi connectivity index (χ2n) is 3.08. The van der Waals surface area contributed by atoms with E-state index in [1.54, 1.807) is 19.6 Å². The Balaban J connectivity index is 2.21. The number of ether oxygens (including phenoxy) is 1. The van der Waals surface area contributed by atoms with Gasteiger partial charge in [0.15, 0.2) is 0 Å². The molecular weight excluding hydrogens is 188 g/mol. The second kappa shape index (κ2) is 4.46. The highest BCUT2D eigenvalue weighted by molar-refractivity contribution is 5.50. The molecule has 0 radical (unpaired) electrons. The zero-order valence-electron chi connectivity index (χ0n) is 8.50. The van der Waals surface area contributed by atoms with Crippen molar-refractivity contribution in [2.45, 2.75) is 0 Å². The molecule has 0 saturated carbocycles. The van der Waals surface area contributed by atoms with Crippen LogP contribution >= 0.6 is 0 Å². The Morgan fingerprint density at radius 3 is 2.67 bits per heavy atom. The van der Waals surface area contributed by atoms with Crippen LogP contribution in [0.5, 0.6) is 0 Å². The molecule has 0 fully saturated rings. The molecule has 0 bridgehead atoms. The van der Waals surface area contributed by atoms with Crippen LogP contribution in [0.2, 0.25) is 0 Å². The standard InChI is InChI=1S/C12H12N2O/c1-15-10-7-11-3-5-12(6-4-11)14-9-2-8-13-14/h2-10H,1H3/b10-7-. The Hall–Kier alpha value is -2.03. The van der Waals surface area contributed by atoms with Gasteiger partial charge in [0.2, 0.25) is 0 Å². The molecule has 15 heavy (non-hydrogen) atoms. The van der Waals surface area contributed by atoms with Crippen molar-refractivity contribution >= 4 is 6.08 Å². The van der Waals surface area contributed by atoms with Crippen LogP contribution in [0.25, 0.3) is 11.8 Å². The molecule has 0 spiro atoms. The monoisotopic (exact) mass is 200 g/mol. The topological polar surface area (TPSA) is 27.1 Å². The minimum absolute atomic E-state index is 1.05. The summed E-state index contributed by atoms with van der Waals surface area (Å²) in [5, 5.41) is 4.15. The van der Waals surface area contributed by atoms with Crippen molar-refractivity contribution in [3.05, 3.63) is 54.6 Å². The van der Waals surface area contributed by atoms with Crippen molar-refractivity contribution in [1.29, 1.82) is 0 Å². The summed E-state index contributed by atoms with van der Waals surface area (Å²) >= 11 is 0. The van der Waals surface area contributed by atoms with E-state index >= 15 is 0 Å². The predicted octanol–water partition coefficient (Wildman–Crippen LogP) is 2.49. The molecule has 76 valence electrons. The van der Waals surface area contributed by atoms with E-state index in [0.29, 0.717) is 0 Å². The molecule has 0 unspecified atom stereocenters. The first-order chi connectivity index (χ1) is 7.40. The van der Waals surface area contributed by atoms with Crippen molar-refractivity contribution in [2.24, 2.45) is 0 Å². The van der Waals surface area contributed by atoms with E-state index in [1.807, 2.05) is 47.3 Å². The average molecular weight is 200 g/mol. The molecule has 2 rings (SSSR count). The quantitative estimate of drug-likeness (QED) is 0.712. The number of hydrogen-bond acceptors (Lipinski definition) is 2. The van der Waals surface area contributed by atoms with Gasteiger partial charge in [-0.3, -0.25) is 0 Å². The molecular formula is C12H12N2O. The summed E-state index contributed by atoms with van der Waals surface area (Å²) < 4.78 is 6.67. The summed E-state index contributed by atoms with van der Waals surface area (Å²) in [7, 11) is 1.63. The van der Waals surface area contributed by atoms with Gasteiger partial charge in [0, 0.05) is 12.4 Å². The van der Waals surface area contributed by atoms with Gasteiger partial charge in [0.1, 0.15) is 0 Å². The first-order valence-corrected chi connectivity index (χ1v) is 4.69. The van der Waals surface area contributed by atoms with Gasteiger partial charge in [0.05, 0.1) is 19.1 Å². The van der Waals surface area contributed by atoms with Crippen molar-refractivity contribution in [1.82, 2.24) is 9.78 Å². The lowest BCUT2D eigenvalue weighted by atomic mass is 10.2. The van der Waals surface area contributed by atoms with Crippen LogP contribution in [0, 0.1) is 0 Å². The molecule has 1 aromatic heterocycles. The fourth-order valence-electron chi connectivity index (χ4n) is 1.31. The third kappa shape index (κ3) is 2.26. The van der Waals surface area contributed by atoms with Crippen molar-refractivity contribution in [2.75, 3.05) is 7.11 Å². The molecule has 1 aromatic carbocycles. The van der Waals surface area contributed by atoms with Crippen LogP contribution in [0.1, 0.15) is 5.56 Å². The number of hydrogen-bond donors (Lipinski definition) is 0. The summed E-state index contributed by atoms with van der Waals surface area (Å²) in [6.07, 6.45) is 7.24. The minimum Gasteiger partial charge on any atom is -0.504 e. The maximum atomic E-state index is 4.85. The zero-order valence-corrected chi connectivity index (χ0v) is 8.50. The largest absolute Gasteiger partial charge is 0.504 e. The maximum absolute atomic E-state index is 4.85. The first kappa shape index (κ1) is 9.52. The van der Waals surface area contributed by atoms with Gasteiger partial charge in [-0.05, 0) is 29.8 Å². The van der Waals surface area contributed by atoms with Gasteiger partial charge in [-0.25, -0.2) is 4.68 Å². The lowest BCUT2D eigenvalue weighted by molar-refractivity contribution is 0.341. The summed E-state index contributed by atoms with van der Waals surface area (Å²) in [6.45, 7) is 0. The van der Waals surface area contributed by atoms with E-state index in [-0.39, 0.29) is 0 Å². The van der Waals surface area contributed by atoms with E-state index in [2.05, 4.69) is 5.10 Å². The van der Waals surface area contributed by atoms with Crippen LogP contribution in [-0.2, 0) is 4.74 Å². The zero-order chi connectivity index (χ0) is 10.5. The molecule has 3 heteroatoms. The molecule has 0 aliphatic heterocycles. The van der Waals surface area contributed by atoms with Crippen LogP contribution in [0.15, 0.2) is 49.0 Å². The summed E-state index contributed by atoms with van der Waals surface area (Å²) in [5.74, 6) is 0. The van der Waals surface area contributed by atoms with E-state index in [9.17, 15) is 0 Å². The number of rotatable bonds is 3. The molecule has 0 saturated heterocycles. The van der Waals surface area contributed by atoms with E-state index < -0.39 is 0 Å². The summed E-state index contributed by atoms with van der Waals surface area (Å²) in [5.41, 5.74) is 2.15. The maximum Gasteiger partial charge on any atom is 0.0830 e. The Morgan fingerprint density at radius 1 is 1.27 bits per heavy atom. The molecule has 2 aromatic rings. The highest BCUT2D eigenvalue weighted by Crippen LogP contribution is 2.09. The normalized spacial score (nSPS) is 10.7. The third-order valence-corrected chi connectivity index (χ3v) is 2.06. The number of methoxy groups -OCH3 is 1. The van der Waals surface area contributed by atoms with E-state index in [0.717, 1.165) is 11.3 Å². The first-order valence-electron chi connectivity index (χ1n) is 4.69.